The first-order valence-electron chi connectivity index (χ1n) is 4.71. The van der Waals surface area contributed by atoms with E-state index in [4.69, 9.17) is 5.11 Å². The minimum atomic E-state index is -1.23. The fourth-order valence-electron chi connectivity index (χ4n) is 1.24. The monoisotopic (exact) mass is 214 g/mol. The van der Waals surface area contributed by atoms with Crippen LogP contribution >= 0.6 is 11.3 Å². The number of hydrogen-bond acceptors (Lipinski definition) is 3. The van der Waals surface area contributed by atoms with Crippen molar-refractivity contribution in [2.75, 3.05) is 0 Å². The molecule has 1 aromatic heterocycles. The molecule has 0 atom stereocenters. The predicted molar refractivity (Wildman–Crippen MR) is 56.2 cm³/mol. The number of carboxylic acid groups (broad SMARTS) is 1. The molecule has 0 radical (unpaired) electrons. The lowest BCUT2D eigenvalue weighted by atomic mass is 10.1. The van der Waals surface area contributed by atoms with Crippen LogP contribution in [-0.2, 0) is 6.42 Å². The summed E-state index contributed by atoms with van der Waals surface area (Å²) in [7, 11) is 0. The van der Waals surface area contributed by atoms with Gasteiger partial charge in [0.25, 0.3) is 0 Å². The second-order valence-electron chi connectivity index (χ2n) is 3.06. The van der Waals surface area contributed by atoms with E-state index in [9.17, 15) is 4.79 Å². The average Bonchev–Trinajstić information content (AvgIpc) is 2.52. The van der Waals surface area contributed by atoms with E-state index in [1.165, 1.54) is 24.2 Å². The molecular formula is C10H14O3S. The molecule has 1 heterocycles. The molecule has 3 nitrogen and oxygen atoms in total. The van der Waals surface area contributed by atoms with Gasteiger partial charge in [-0.25, -0.2) is 4.79 Å². The van der Waals surface area contributed by atoms with Gasteiger partial charge in [-0.1, -0.05) is 19.8 Å². The molecule has 0 aliphatic rings. The first kappa shape index (κ1) is 11.0. The Kier molecular flexibility index (Phi) is 4.46. The van der Waals surface area contributed by atoms with Crippen LogP contribution in [0.15, 0.2) is 11.4 Å². The van der Waals surface area contributed by atoms with Gasteiger partial charge in [-0.3, -0.25) is 0 Å². The molecule has 0 saturated heterocycles. The van der Waals surface area contributed by atoms with Gasteiger partial charge in [-0.2, -0.15) is 0 Å². The zero-order valence-corrected chi connectivity index (χ0v) is 8.97. The van der Waals surface area contributed by atoms with Gasteiger partial charge >= 0.3 is 6.16 Å². The Morgan fingerprint density at radius 2 is 2.36 bits per heavy atom. The number of thiophene rings is 1. The zero-order valence-electron chi connectivity index (χ0n) is 8.16. The normalized spacial score (nSPS) is 10.1. The van der Waals surface area contributed by atoms with Gasteiger partial charge in [0.05, 0.1) is 0 Å². The van der Waals surface area contributed by atoms with E-state index < -0.39 is 6.16 Å². The standard InChI is InChI=1S/C10H14O3S/c1-2-3-4-5-8-6-7-14-9(8)13-10(11)12/h6-7H,2-5H2,1H3,(H,11,12). The van der Waals surface area contributed by atoms with Crippen LogP contribution in [0.3, 0.4) is 0 Å². The molecule has 0 aliphatic carbocycles. The molecule has 0 spiro atoms. The van der Waals surface area contributed by atoms with Crippen molar-refractivity contribution in [3.05, 3.63) is 17.0 Å². The minimum absolute atomic E-state index is 0.522. The summed E-state index contributed by atoms with van der Waals surface area (Å²) >= 11 is 1.33. The molecule has 0 aromatic carbocycles. The Labute approximate surface area is 87.3 Å². The van der Waals surface area contributed by atoms with Gasteiger partial charge < -0.3 is 9.84 Å². The van der Waals surface area contributed by atoms with Crippen LogP contribution in [0.1, 0.15) is 31.7 Å². The maximum atomic E-state index is 10.3. The summed E-state index contributed by atoms with van der Waals surface area (Å²) in [6, 6.07) is 1.93. The van der Waals surface area contributed by atoms with E-state index in [2.05, 4.69) is 11.7 Å². The largest absolute Gasteiger partial charge is 0.512 e. The molecule has 0 bridgehead atoms. The third-order valence-electron chi connectivity index (χ3n) is 1.94. The second kappa shape index (κ2) is 5.65. The summed E-state index contributed by atoms with van der Waals surface area (Å²) < 4.78 is 4.65. The van der Waals surface area contributed by atoms with E-state index in [0.29, 0.717) is 5.06 Å². The Morgan fingerprint density at radius 3 is 3.00 bits per heavy atom. The molecule has 1 N–H and O–H groups in total. The van der Waals surface area contributed by atoms with Crippen molar-refractivity contribution in [3.8, 4) is 5.06 Å². The minimum Gasteiger partial charge on any atom is -0.449 e. The lowest BCUT2D eigenvalue weighted by Gasteiger charge is -2.01. The van der Waals surface area contributed by atoms with Crippen LogP contribution in [-0.4, -0.2) is 11.3 Å². The molecule has 0 fully saturated rings. The molecule has 0 saturated carbocycles. The van der Waals surface area contributed by atoms with Gasteiger partial charge in [0.2, 0.25) is 0 Å². The van der Waals surface area contributed by atoms with Gasteiger partial charge in [0, 0.05) is 5.56 Å². The molecular weight excluding hydrogens is 200 g/mol. The maximum Gasteiger partial charge on any atom is 0.512 e. The maximum absolute atomic E-state index is 10.3. The Morgan fingerprint density at radius 1 is 1.57 bits per heavy atom. The predicted octanol–water partition coefficient (Wildman–Crippen LogP) is 3.54. The molecule has 4 heteroatoms. The van der Waals surface area contributed by atoms with Crippen LogP contribution in [0.4, 0.5) is 4.79 Å². The number of rotatable bonds is 5. The number of aryl methyl sites for hydroxylation is 1. The molecule has 14 heavy (non-hydrogen) atoms. The lowest BCUT2D eigenvalue weighted by Crippen LogP contribution is -2.03. The molecule has 0 unspecified atom stereocenters. The van der Waals surface area contributed by atoms with Gasteiger partial charge in [-0.15, -0.1) is 11.3 Å². The Bertz CT molecular complexity index is 293. The zero-order chi connectivity index (χ0) is 10.4. The highest BCUT2D eigenvalue weighted by molar-refractivity contribution is 7.12. The summed E-state index contributed by atoms with van der Waals surface area (Å²) in [5, 5.41) is 10.8. The highest BCUT2D eigenvalue weighted by atomic mass is 32.1. The van der Waals surface area contributed by atoms with Gasteiger partial charge in [0.1, 0.15) is 0 Å². The van der Waals surface area contributed by atoms with Crippen molar-refractivity contribution in [2.24, 2.45) is 0 Å². The van der Waals surface area contributed by atoms with Crippen LogP contribution in [0.2, 0.25) is 0 Å². The summed E-state index contributed by atoms with van der Waals surface area (Å²) in [6.07, 6.45) is 3.09. The van der Waals surface area contributed by atoms with Crippen LogP contribution < -0.4 is 4.74 Å². The third kappa shape index (κ3) is 3.38. The quantitative estimate of drug-likeness (QED) is 0.602. The van der Waals surface area contributed by atoms with E-state index >= 15 is 0 Å². The van der Waals surface area contributed by atoms with E-state index in [0.717, 1.165) is 18.4 Å². The van der Waals surface area contributed by atoms with Crippen LogP contribution in [0.5, 0.6) is 5.06 Å². The first-order chi connectivity index (χ1) is 6.74. The Balaban J connectivity index is 2.49. The van der Waals surface area contributed by atoms with E-state index in [1.54, 1.807) is 0 Å². The fourth-order valence-corrected chi connectivity index (χ4v) is 2.04. The number of carbonyl (C=O) groups is 1. The van der Waals surface area contributed by atoms with Crippen molar-refractivity contribution in [1.29, 1.82) is 0 Å². The van der Waals surface area contributed by atoms with Crippen molar-refractivity contribution < 1.29 is 14.6 Å². The number of ether oxygens (including phenoxy) is 1. The first-order valence-corrected chi connectivity index (χ1v) is 5.59. The molecule has 1 rings (SSSR count). The fraction of sp³-hybridized carbons (Fsp3) is 0.500. The van der Waals surface area contributed by atoms with Crippen molar-refractivity contribution in [1.82, 2.24) is 0 Å². The third-order valence-corrected chi connectivity index (χ3v) is 2.77. The number of hydrogen-bond donors (Lipinski definition) is 1. The van der Waals surface area contributed by atoms with Crippen molar-refractivity contribution >= 4 is 17.5 Å². The second-order valence-corrected chi connectivity index (χ2v) is 3.94. The number of unbranched alkanes of at least 4 members (excludes halogenated alkanes) is 2. The highest BCUT2D eigenvalue weighted by Crippen LogP contribution is 2.27. The lowest BCUT2D eigenvalue weighted by molar-refractivity contribution is 0.145. The molecule has 78 valence electrons. The Hall–Kier alpha value is -1.03. The smallest absolute Gasteiger partial charge is 0.449 e. The van der Waals surface area contributed by atoms with Crippen molar-refractivity contribution in [2.45, 2.75) is 32.6 Å². The van der Waals surface area contributed by atoms with E-state index in [1.807, 2.05) is 11.4 Å². The molecule has 1 aromatic rings. The van der Waals surface area contributed by atoms with Gasteiger partial charge in [-0.05, 0) is 24.3 Å². The molecule has 0 aliphatic heterocycles. The van der Waals surface area contributed by atoms with E-state index in [-0.39, 0.29) is 0 Å². The summed E-state index contributed by atoms with van der Waals surface area (Å²) in [5.41, 5.74) is 1.01. The van der Waals surface area contributed by atoms with Crippen LogP contribution in [0, 0.1) is 0 Å². The average molecular weight is 214 g/mol. The highest BCUT2D eigenvalue weighted by Gasteiger charge is 2.08. The topological polar surface area (TPSA) is 46.5 Å². The SMILES string of the molecule is CCCCCc1ccsc1OC(=O)O. The van der Waals surface area contributed by atoms with Crippen LogP contribution in [0.25, 0.3) is 0 Å². The van der Waals surface area contributed by atoms with Crippen molar-refractivity contribution in [3.63, 3.8) is 0 Å². The summed E-state index contributed by atoms with van der Waals surface area (Å²) in [4.78, 5) is 10.3. The summed E-state index contributed by atoms with van der Waals surface area (Å²) in [5.74, 6) is 0. The molecule has 0 amide bonds. The van der Waals surface area contributed by atoms with Gasteiger partial charge in [0.15, 0.2) is 5.06 Å². The summed E-state index contributed by atoms with van der Waals surface area (Å²) in [6.45, 7) is 2.14.